The lowest BCUT2D eigenvalue weighted by atomic mass is 9.92. The maximum absolute atomic E-state index is 16.7. The minimum atomic E-state index is -5.08. The number of thiophene rings is 1. The zero-order valence-electron chi connectivity index (χ0n) is 24.0. The summed E-state index contributed by atoms with van der Waals surface area (Å²) in [6, 6.07) is 4.08. The topological polar surface area (TPSA) is 121 Å². The molecule has 2 atom stereocenters. The number of nitrogens with zero attached hydrogens (tertiary/aromatic N) is 5. The van der Waals surface area contributed by atoms with Gasteiger partial charge in [0.1, 0.15) is 34.8 Å². The van der Waals surface area contributed by atoms with E-state index in [0.29, 0.717) is 24.3 Å². The van der Waals surface area contributed by atoms with Gasteiger partial charge in [0.25, 0.3) is 0 Å². The molecule has 0 saturated carbocycles. The van der Waals surface area contributed by atoms with Crippen LogP contribution in [0.2, 0.25) is 0 Å². The number of anilines is 2. The molecule has 234 valence electrons. The van der Waals surface area contributed by atoms with Gasteiger partial charge in [-0.3, -0.25) is 4.90 Å². The van der Waals surface area contributed by atoms with Gasteiger partial charge < -0.3 is 25.2 Å². The molecule has 1 aliphatic rings. The lowest BCUT2D eigenvalue weighted by molar-refractivity contribution is -0.137. The molecule has 2 unspecified atom stereocenters. The maximum atomic E-state index is 16.7. The Balaban J connectivity index is 1.78. The SMILES string of the molecule is CCN(CCO)c1nc(OCC2CC(OC)CN2C)nc2c(F)c(-c3ccc(F)c4sc(N)c(C#N)c34)c(C(F)(F)F)cc12. The normalized spacial score (nSPS) is 17.5. The summed E-state index contributed by atoms with van der Waals surface area (Å²) in [4.78, 5) is 12.1. The minimum Gasteiger partial charge on any atom is -0.462 e. The molecule has 5 rings (SSSR count). The molecule has 3 N–H and O–H groups in total. The summed E-state index contributed by atoms with van der Waals surface area (Å²) < 4.78 is 86.6. The van der Waals surface area contributed by atoms with Crippen molar-refractivity contribution in [3.05, 3.63) is 41.0 Å². The van der Waals surface area contributed by atoms with E-state index in [1.54, 1.807) is 20.1 Å². The lowest BCUT2D eigenvalue weighted by Crippen LogP contribution is -2.31. The van der Waals surface area contributed by atoms with E-state index in [0.717, 1.165) is 18.2 Å². The predicted octanol–water partition coefficient (Wildman–Crippen LogP) is 5.18. The Labute approximate surface area is 253 Å². The fraction of sp³-hybridized carbons (Fsp3) is 0.414. The molecule has 2 aromatic heterocycles. The van der Waals surface area contributed by atoms with Crippen LogP contribution in [0.3, 0.4) is 0 Å². The van der Waals surface area contributed by atoms with Crippen molar-refractivity contribution in [3.8, 4) is 23.2 Å². The third kappa shape index (κ3) is 5.58. The number of hydrogen-bond acceptors (Lipinski definition) is 10. The first kappa shape index (κ1) is 31.6. The van der Waals surface area contributed by atoms with Gasteiger partial charge in [0, 0.05) is 49.1 Å². The molecule has 0 spiro atoms. The van der Waals surface area contributed by atoms with Gasteiger partial charge in [-0.15, -0.1) is 11.3 Å². The number of aliphatic hydroxyl groups is 1. The van der Waals surface area contributed by atoms with E-state index in [1.165, 1.54) is 4.90 Å². The Bertz CT molecular complexity index is 1760. The quantitative estimate of drug-likeness (QED) is 0.240. The molecule has 1 aliphatic heterocycles. The highest BCUT2D eigenvalue weighted by Gasteiger charge is 2.39. The minimum absolute atomic E-state index is 0.00799. The van der Waals surface area contributed by atoms with Crippen LogP contribution in [0.25, 0.3) is 32.1 Å². The molecule has 0 radical (unpaired) electrons. The van der Waals surface area contributed by atoms with Crippen LogP contribution in [0, 0.1) is 23.0 Å². The third-order valence-corrected chi connectivity index (χ3v) is 8.86. The van der Waals surface area contributed by atoms with Gasteiger partial charge >= 0.3 is 12.2 Å². The molecule has 3 heterocycles. The fourth-order valence-corrected chi connectivity index (χ4v) is 6.54. The number of alkyl halides is 3. The summed E-state index contributed by atoms with van der Waals surface area (Å²) in [6.07, 6.45) is -4.44. The second-order valence-corrected chi connectivity index (χ2v) is 11.4. The average Bonchev–Trinajstić information content (AvgIpc) is 3.53. The lowest BCUT2D eigenvalue weighted by Gasteiger charge is -2.25. The van der Waals surface area contributed by atoms with Crippen molar-refractivity contribution in [1.82, 2.24) is 14.9 Å². The van der Waals surface area contributed by atoms with Gasteiger partial charge in [-0.05, 0) is 38.1 Å². The summed E-state index contributed by atoms with van der Waals surface area (Å²) in [5.74, 6) is -2.23. The Morgan fingerprint density at radius 1 is 1.27 bits per heavy atom. The number of halogens is 5. The Morgan fingerprint density at radius 2 is 2.02 bits per heavy atom. The fourth-order valence-electron chi connectivity index (χ4n) is 5.59. The van der Waals surface area contributed by atoms with Crippen molar-refractivity contribution in [2.75, 3.05) is 57.6 Å². The van der Waals surface area contributed by atoms with E-state index in [4.69, 9.17) is 15.2 Å². The molecule has 44 heavy (non-hydrogen) atoms. The molecule has 0 bridgehead atoms. The maximum Gasteiger partial charge on any atom is 0.417 e. The third-order valence-electron chi connectivity index (χ3n) is 7.83. The number of likely N-dealkylation sites (N-methyl/N-ethyl adjacent to an activating group) is 2. The van der Waals surface area contributed by atoms with Crippen molar-refractivity contribution in [2.45, 2.75) is 31.7 Å². The number of rotatable bonds is 9. The number of ether oxygens (including phenoxy) is 2. The summed E-state index contributed by atoms with van der Waals surface area (Å²) in [6.45, 7) is 2.33. The number of benzene rings is 2. The highest BCUT2D eigenvalue weighted by Crippen LogP contribution is 2.48. The summed E-state index contributed by atoms with van der Waals surface area (Å²) >= 11 is 0.687. The summed E-state index contributed by atoms with van der Waals surface area (Å²) in [5.41, 5.74) is 2.52. The monoisotopic (exact) mass is 636 g/mol. The van der Waals surface area contributed by atoms with E-state index < -0.39 is 34.5 Å². The number of nitriles is 1. The molecule has 1 fully saturated rings. The standard InChI is InChI=1S/C29H29F5N6O3S/c1-4-40(7-8-41)27-17-10-19(29(32,33)34)22(16-5-6-20(30)25-21(16)18(11-35)26(36)44-25)23(31)24(17)37-28(38-27)43-13-14-9-15(42-3)12-39(14)2/h5-6,10,14-15,41H,4,7-9,12-13,36H2,1-3H3. The van der Waals surface area contributed by atoms with Crippen LogP contribution < -0.4 is 15.4 Å². The second kappa shape index (κ2) is 12.3. The van der Waals surface area contributed by atoms with E-state index in [9.17, 15) is 27.9 Å². The molecule has 15 heteroatoms. The molecule has 2 aromatic carbocycles. The zero-order chi connectivity index (χ0) is 31.9. The highest BCUT2D eigenvalue weighted by molar-refractivity contribution is 7.23. The molecule has 0 amide bonds. The first-order valence-electron chi connectivity index (χ1n) is 13.7. The smallest absolute Gasteiger partial charge is 0.417 e. The molecule has 4 aromatic rings. The number of nitrogen functional groups attached to an aromatic ring is 1. The number of hydrogen-bond donors (Lipinski definition) is 2. The van der Waals surface area contributed by atoms with Gasteiger partial charge in [0.15, 0.2) is 5.82 Å². The van der Waals surface area contributed by atoms with Crippen LogP contribution >= 0.6 is 11.3 Å². The van der Waals surface area contributed by atoms with Crippen molar-refractivity contribution < 1.29 is 36.5 Å². The Hall–Kier alpha value is -3.84. The van der Waals surface area contributed by atoms with Gasteiger partial charge in [-0.2, -0.15) is 28.4 Å². The van der Waals surface area contributed by atoms with E-state index in [1.807, 2.05) is 11.9 Å². The van der Waals surface area contributed by atoms with Gasteiger partial charge in [-0.25, -0.2) is 8.78 Å². The first-order valence-corrected chi connectivity index (χ1v) is 14.5. The summed E-state index contributed by atoms with van der Waals surface area (Å²) in [5, 5.41) is 18.8. The van der Waals surface area contributed by atoms with Crippen LogP contribution in [0.1, 0.15) is 24.5 Å². The molecule has 1 saturated heterocycles. The van der Waals surface area contributed by atoms with E-state index >= 15 is 4.39 Å². The van der Waals surface area contributed by atoms with Crippen molar-refractivity contribution in [1.29, 1.82) is 5.26 Å². The largest absolute Gasteiger partial charge is 0.462 e. The molecule has 9 nitrogen and oxygen atoms in total. The zero-order valence-corrected chi connectivity index (χ0v) is 24.8. The van der Waals surface area contributed by atoms with Crippen LogP contribution in [0.4, 0.5) is 32.8 Å². The molecule has 0 aliphatic carbocycles. The number of nitrogens with two attached hydrogens (primary N) is 1. The first-order chi connectivity index (χ1) is 20.9. The van der Waals surface area contributed by atoms with Crippen LogP contribution in [0.15, 0.2) is 18.2 Å². The molecular weight excluding hydrogens is 607 g/mol. The summed E-state index contributed by atoms with van der Waals surface area (Å²) in [7, 11) is 3.50. The number of aliphatic hydroxyl groups excluding tert-OH is 1. The average molecular weight is 637 g/mol. The van der Waals surface area contributed by atoms with Crippen LogP contribution in [0.5, 0.6) is 6.01 Å². The van der Waals surface area contributed by atoms with Crippen LogP contribution in [-0.4, -0.2) is 79.1 Å². The number of aromatic nitrogens is 2. The van der Waals surface area contributed by atoms with Crippen molar-refractivity contribution >= 4 is 43.1 Å². The number of methoxy groups -OCH3 is 1. The van der Waals surface area contributed by atoms with Crippen molar-refractivity contribution in [2.24, 2.45) is 0 Å². The second-order valence-electron chi connectivity index (χ2n) is 10.4. The van der Waals surface area contributed by atoms with Crippen LogP contribution in [-0.2, 0) is 10.9 Å². The number of likely N-dealkylation sites (tertiary alicyclic amines) is 1. The van der Waals surface area contributed by atoms with Gasteiger partial charge in [0.05, 0.1) is 28.5 Å². The van der Waals surface area contributed by atoms with E-state index in [2.05, 4.69) is 9.97 Å². The molecular formula is C29H29F5N6O3S. The Kier molecular flexibility index (Phi) is 8.81. The predicted molar refractivity (Wildman–Crippen MR) is 157 cm³/mol. The van der Waals surface area contributed by atoms with Crippen molar-refractivity contribution in [3.63, 3.8) is 0 Å². The Morgan fingerprint density at radius 3 is 2.64 bits per heavy atom. The number of fused-ring (bicyclic) bond motifs is 2. The van der Waals surface area contributed by atoms with Gasteiger partial charge in [-0.1, -0.05) is 6.07 Å². The highest BCUT2D eigenvalue weighted by atomic mass is 32.1. The van der Waals surface area contributed by atoms with Gasteiger partial charge in [0.2, 0.25) is 0 Å². The van der Waals surface area contributed by atoms with E-state index in [-0.39, 0.29) is 81.9 Å².